The first-order chi connectivity index (χ1) is 6.90. The zero-order valence-corrected chi connectivity index (χ0v) is 9.23. The van der Waals surface area contributed by atoms with E-state index in [4.69, 9.17) is 5.73 Å². The number of halogens is 4. The number of nitrogen functional groups attached to an aromatic ring is 1. The first-order valence-electron chi connectivity index (χ1n) is 4.07. The SMILES string of the molecule is Nc1cccc(Br)c1COCC(F)(F)F. The molecule has 2 nitrogen and oxygen atoms in total. The highest BCUT2D eigenvalue weighted by molar-refractivity contribution is 9.10. The highest BCUT2D eigenvalue weighted by Gasteiger charge is 2.27. The molecule has 0 fully saturated rings. The standard InChI is InChI=1S/C9H9BrF3NO/c10-7-2-1-3-8(14)6(7)4-15-5-9(11,12)13/h1-3H,4-5,14H2. The summed E-state index contributed by atoms with van der Waals surface area (Å²) >= 11 is 3.19. The molecule has 15 heavy (non-hydrogen) atoms. The second-order valence-electron chi connectivity index (χ2n) is 2.92. The predicted molar refractivity (Wildman–Crippen MR) is 54.3 cm³/mol. The Hall–Kier alpha value is -0.750. The zero-order valence-electron chi connectivity index (χ0n) is 7.64. The Morgan fingerprint density at radius 2 is 2.00 bits per heavy atom. The van der Waals surface area contributed by atoms with Crippen molar-refractivity contribution in [2.24, 2.45) is 0 Å². The number of alkyl halides is 3. The van der Waals surface area contributed by atoms with Crippen molar-refractivity contribution >= 4 is 21.6 Å². The fourth-order valence-corrected chi connectivity index (χ4v) is 1.49. The van der Waals surface area contributed by atoms with Crippen molar-refractivity contribution in [3.05, 3.63) is 28.2 Å². The van der Waals surface area contributed by atoms with Crippen LogP contribution in [-0.2, 0) is 11.3 Å². The molecule has 0 aliphatic carbocycles. The Morgan fingerprint density at radius 3 is 2.53 bits per heavy atom. The average molecular weight is 284 g/mol. The van der Waals surface area contributed by atoms with Crippen LogP contribution >= 0.6 is 15.9 Å². The van der Waals surface area contributed by atoms with Crippen LogP contribution in [0.2, 0.25) is 0 Å². The second kappa shape index (κ2) is 4.85. The molecular weight excluding hydrogens is 275 g/mol. The van der Waals surface area contributed by atoms with Gasteiger partial charge in [0.05, 0.1) is 6.61 Å². The number of anilines is 1. The predicted octanol–water partition coefficient (Wildman–Crippen LogP) is 3.11. The lowest BCUT2D eigenvalue weighted by Crippen LogP contribution is -2.17. The van der Waals surface area contributed by atoms with Crippen molar-refractivity contribution in [2.75, 3.05) is 12.3 Å². The third-order valence-electron chi connectivity index (χ3n) is 1.67. The van der Waals surface area contributed by atoms with Gasteiger partial charge in [-0.25, -0.2) is 0 Å². The summed E-state index contributed by atoms with van der Waals surface area (Å²) in [6, 6.07) is 5.01. The maximum absolute atomic E-state index is 11.8. The second-order valence-corrected chi connectivity index (χ2v) is 3.77. The summed E-state index contributed by atoms with van der Waals surface area (Å²) < 4.78 is 40.5. The molecule has 0 spiro atoms. The van der Waals surface area contributed by atoms with E-state index >= 15 is 0 Å². The highest BCUT2D eigenvalue weighted by Crippen LogP contribution is 2.24. The third-order valence-corrected chi connectivity index (χ3v) is 2.41. The van der Waals surface area contributed by atoms with E-state index in [2.05, 4.69) is 20.7 Å². The molecule has 0 aliphatic heterocycles. The van der Waals surface area contributed by atoms with Crippen LogP contribution in [0.15, 0.2) is 22.7 Å². The Bertz CT molecular complexity index is 320. The van der Waals surface area contributed by atoms with Gasteiger partial charge in [-0.15, -0.1) is 0 Å². The fourth-order valence-electron chi connectivity index (χ4n) is 0.996. The van der Waals surface area contributed by atoms with Crippen molar-refractivity contribution in [2.45, 2.75) is 12.8 Å². The molecule has 1 aromatic carbocycles. The van der Waals surface area contributed by atoms with Gasteiger partial charge in [-0.05, 0) is 12.1 Å². The number of rotatable bonds is 3. The monoisotopic (exact) mass is 283 g/mol. The number of hydrogen-bond donors (Lipinski definition) is 1. The van der Waals surface area contributed by atoms with Crippen LogP contribution in [0.1, 0.15) is 5.56 Å². The fraction of sp³-hybridized carbons (Fsp3) is 0.333. The topological polar surface area (TPSA) is 35.2 Å². The van der Waals surface area contributed by atoms with E-state index < -0.39 is 12.8 Å². The number of benzene rings is 1. The van der Waals surface area contributed by atoms with Crippen molar-refractivity contribution < 1.29 is 17.9 Å². The molecule has 0 unspecified atom stereocenters. The van der Waals surface area contributed by atoms with E-state index in [0.717, 1.165) is 0 Å². The van der Waals surface area contributed by atoms with Gasteiger partial charge >= 0.3 is 6.18 Å². The summed E-state index contributed by atoms with van der Waals surface area (Å²) in [5, 5.41) is 0. The molecule has 84 valence electrons. The van der Waals surface area contributed by atoms with E-state index in [1.54, 1.807) is 18.2 Å². The van der Waals surface area contributed by atoms with Crippen molar-refractivity contribution in [3.63, 3.8) is 0 Å². The number of hydrogen-bond acceptors (Lipinski definition) is 2. The summed E-state index contributed by atoms with van der Waals surface area (Å²) in [6.45, 7) is -1.43. The summed E-state index contributed by atoms with van der Waals surface area (Å²) in [5.41, 5.74) is 6.52. The van der Waals surface area contributed by atoms with Gasteiger partial charge < -0.3 is 10.5 Å². The minimum atomic E-state index is -4.31. The van der Waals surface area contributed by atoms with Crippen LogP contribution < -0.4 is 5.73 Å². The maximum atomic E-state index is 11.8. The third kappa shape index (κ3) is 4.09. The molecular formula is C9H9BrF3NO. The van der Waals surface area contributed by atoms with Gasteiger partial charge in [-0.2, -0.15) is 13.2 Å². The highest BCUT2D eigenvalue weighted by atomic mass is 79.9. The minimum absolute atomic E-state index is 0.160. The average Bonchev–Trinajstić information content (AvgIpc) is 2.08. The van der Waals surface area contributed by atoms with Crippen molar-refractivity contribution in [3.8, 4) is 0 Å². The van der Waals surface area contributed by atoms with E-state index in [1.165, 1.54) is 0 Å². The van der Waals surface area contributed by atoms with Crippen LogP contribution in [0.3, 0.4) is 0 Å². The van der Waals surface area contributed by atoms with E-state index in [0.29, 0.717) is 15.7 Å². The minimum Gasteiger partial charge on any atom is -0.398 e. The molecule has 0 aliphatic rings. The van der Waals surface area contributed by atoms with E-state index in [-0.39, 0.29) is 6.61 Å². The van der Waals surface area contributed by atoms with Gasteiger partial charge in [0, 0.05) is 15.7 Å². The summed E-state index contributed by atoms with van der Waals surface area (Å²) in [7, 11) is 0. The molecule has 0 radical (unpaired) electrons. The van der Waals surface area contributed by atoms with Gasteiger partial charge in [-0.1, -0.05) is 22.0 Å². The van der Waals surface area contributed by atoms with Crippen molar-refractivity contribution in [1.29, 1.82) is 0 Å². The summed E-state index contributed by atoms with van der Waals surface area (Å²) in [6.07, 6.45) is -4.31. The molecule has 1 aromatic rings. The molecule has 0 saturated carbocycles. The number of ether oxygens (including phenoxy) is 1. The van der Waals surface area contributed by atoms with Crippen LogP contribution in [-0.4, -0.2) is 12.8 Å². The summed E-state index contributed by atoms with van der Waals surface area (Å²) in [4.78, 5) is 0. The molecule has 2 N–H and O–H groups in total. The van der Waals surface area contributed by atoms with E-state index in [1.807, 2.05) is 0 Å². The molecule has 0 saturated heterocycles. The van der Waals surface area contributed by atoms with Gasteiger partial charge in [0.15, 0.2) is 0 Å². The first kappa shape index (κ1) is 12.3. The summed E-state index contributed by atoms with van der Waals surface area (Å²) in [5.74, 6) is 0. The molecule has 0 heterocycles. The lowest BCUT2D eigenvalue weighted by Gasteiger charge is -2.10. The normalized spacial score (nSPS) is 11.7. The number of nitrogens with two attached hydrogens (primary N) is 1. The Morgan fingerprint density at radius 1 is 1.33 bits per heavy atom. The Labute approximate surface area is 93.3 Å². The van der Waals surface area contributed by atoms with Crippen LogP contribution in [0.4, 0.5) is 18.9 Å². The quantitative estimate of drug-likeness (QED) is 0.865. The Balaban J connectivity index is 2.58. The first-order valence-corrected chi connectivity index (χ1v) is 4.87. The van der Waals surface area contributed by atoms with Gasteiger partial charge in [0.25, 0.3) is 0 Å². The zero-order chi connectivity index (χ0) is 11.5. The molecule has 6 heteroatoms. The van der Waals surface area contributed by atoms with Crippen molar-refractivity contribution in [1.82, 2.24) is 0 Å². The lowest BCUT2D eigenvalue weighted by molar-refractivity contribution is -0.176. The maximum Gasteiger partial charge on any atom is 0.411 e. The molecule has 0 bridgehead atoms. The van der Waals surface area contributed by atoms with Gasteiger partial charge in [0.1, 0.15) is 6.61 Å². The molecule has 0 amide bonds. The van der Waals surface area contributed by atoms with Crippen LogP contribution in [0.5, 0.6) is 0 Å². The largest absolute Gasteiger partial charge is 0.411 e. The Kier molecular flexibility index (Phi) is 3.98. The van der Waals surface area contributed by atoms with E-state index in [9.17, 15) is 13.2 Å². The molecule has 0 atom stereocenters. The lowest BCUT2D eigenvalue weighted by atomic mass is 10.2. The molecule has 1 rings (SSSR count). The van der Waals surface area contributed by atoms with Crippen LogP contribution in [0.25, 0.3) is 0 Å². The molecule has 0 aromatic heterocycles. The van der Waals surface area contributed by atoms with Gasteiger partial charge in [-0.3, -0.25) is 0 Å². The van der Waals surface area contributed by atoms with Gasteiger partial charge in [0.2, 0.25) is 0 Å². The smallest absolute Gasteiger partial charge is 0.398 e. The van der Waals surface area contributed by atoms with Crippen LogP contribution in [0, 0.1) is 0 Å².